The minimum atomic E-state index is -1.02. The zero-order valence-electron chi connectivity index (χ0n) is 12.4. The van der Waals surface area contributed by atoms with Gasteiger partial charge in [0.1, 0.15) is 6.61 Å². The largest absolute Gasteiger partial charge is 0.480 e. The van der Waals surface area contributed by atoms with E-state index in [2.05, 4.69) is 10.3 Å². The molecule has 1 aromatic heterocycles. The molecular formula is C14H20N2O5S. The third-order valence-electron chi connectivity index (χ3n) is 3.48. The van der Waals surface area contributed by atoms with Crippen molar-refractivity contribution < 1.29 is 24.2 Å². The van der Waals surface area contributed by atoms with Crippen molar-refractivity contribution in [1.82, 2.24) is 10.3 Å². The summed E-state index contributed by atoms with van der Waals surface area (Å²) in [5, 5.41) is 11.6. The van der Waals surface area contributed by atoms with E-state index in [1.807, 2.05) is 6.92 Å². The molecule has 0 bridgehead atoms. The molecule has 1 aliphatic heterocycles. The van der Waals surface area contributed by atoms with Crippen molar-refractivity contribution in [2.45, 2.75) is 38.3 Å². The predicted molar refractivity (Wildman–Crippen MR) is 79.9 cm³/mol. The van der Waals surface area contributed by atoms with Crippen molar-refractivity contribution in [2.75, 3.05) is 19.8 Å². The number of carbonyl (C=O) groups excluding carboxylic acids is 1. The van der Waals surface area contributed by atoms with Crippen molar-refractivity contribution in [2.24, 2.45) is 0 Å². The van der Waals surface area contributed by atoms with Gasteiger partial charge in [0.25, 0.3) is 0 Å². The van der Waals surface area contributed by atoms with Gasteiger partial charge in [0.05, 0.1) is 30.0 Å². The molecule has 0 aliphatic carbocycles. The molecule has 2 heterocycles. The third kappa shape index (κ3) is 5.04. The first kappa shape index (κ1) is 16.9. The fraction of sp³-hybridized carbons (Fsp3) is 0.643. The zero-order valence-corrected chi connectivity index (χ0v) is 13.2. The van der Waals surface area contributed by atoms with Crippen LogP contribution in [-0.4, -0.2) is 53.9 Å². The summed E-state index contributed by atoms with van der Waals surface area (Å²) in [6.07, 6.45) is 1.27. The standard InChI is InChI=1S/C14H20N2O5S/c1-9-12(22-8-15-9)2-3-13(17)16-10-6-20-5-4-11(10)21-7-14(18)19/h8,10-11H,2-7H2,1H3,(H,16,17)(H,18,19)/t10-,11+/m1/s1. The fourth-order valence-electron chi connectivity index (χ4n) is 2.30. The second kappa shape index (κ2) is 8.21. The van der Waals surface area contributed by atoms with Crippen LogP contribution in [0.5, 0.6) is 0 Å². The minimum Gasteiger partial charge on any atom is -0.480 e. The number of hydrogen-bond acceptors (Lipinski definition) is 6. The molecule has 2 atom stereocenters. The minimum absolute atomic E-state index is 0.0905. The van der Waals surface area contributed by atoms with Crippen LogP contribution in [0.3, 0.4) is 0 Å². The molecule has 1 aliphatic rings. The van der Waals surface area contributed by atoms with Gasteiger partial charge in [0, 0.05) is 17.9 Å². The van der Waals surface area contributed by atoms with Crippen LogP contribution in [0, 0.1) is 6.92 Å². The van der Waals surface area contributed by atoms with Gasteiger partial charge >= 0.3 is 5.97 Å². The zero-order chi connectivity index (χ0) is 15.9. The van der Waals surface area contributed by atoms with E-state index in [1.165, 1.54) is 0 Å². The normalized spacial score (nSPS) is 21.5. The molecule has 0 spiro atoms. The number of aryl methyl sites for hydroxylation is 2. The number of rotatable bonds is 7. The number of carboxylic acid groups (broad SMARTS) is 1. The lowest BCUT2D eigenvalue weighted by molar-refractivity contribution is -0.148. The number of carboxylic acids is 1. The maximum atomic E-state index is 12.0. The summed E-state index contributed by atoms with van der Waals surface area (Å²) in [5.41, 5.74) is 2.73. The lowest BCUT2D eigenvalue weighted by atomic mass is 10.1. The highest BCUT2D eigenvalue weighted by atomic mass is 32.1. The topological polar surface area (TPSA) is 97.8 Å². The first-order chi connectivity index (χ1) is 10.6. The Labute approximate surface area is 132 Å². The summed E-state index contributed by atoms with van der Waals surface area (Å²) in [5.74, 6) is -1.11. The highest BCUT2D eigenvalue weighted by molar-refractivity contribution is 7.09. The van der Waals surface area contributed by atoms with E-state index in [0.717, 1.165) is 10.6 Å². The summed E-state index contributed by atoms with van der Waals surface area (Å²) >= 11 is 1.54. The fourth-order valence-corrected chi connectivity index (χ4v) is 3.08. The first-order valence-corrected chi connectivity index (χ1v) is 8.03. The SMILES string of the molecule is Cc1ncsc1CCC(=O)N[C@@H]1COCC[C@@H]1OCC(=O)O. The Morgan fingerprint density at radius 2 is 2.41 bits per heavy atom. The molecule has 1 aromatic rings. The van der Waals surface area contributed by atoms with Gasteiger partial charge < -0.3 is 19.9 Å². The molecule has 1 amide bonds. The van der Waals surface area contributed by atoms with Gasteiger partial charge in [-0.1, -0.05) is 0 Å². The number of thiazole rings is 1. The van der Waals surface area contributed by atoms with Crippen molar-refractivity contribution in [3.63, 3.8) is 0 Å². The van der Waals surface area contributed by atoms with Crippen molar-refractivity contribution >= 4 is 23.2 Å². The Morgan fingerprint density at radius 3 is 3.09 bits per heavy atom. The van der Waals surface area contributed by atoms with E-state index in [9.17, 15) is 9.59 Å². The lowest BCUT2D eigenvalue weighted by Crippen LogP contribution is -2.51. The molecule has 22 heavy (non-hydrogen) atoms. The second-order valence-corrected chi connectivity index (χ2v) is 6.08. The van der Waals surface area contributed by atoms with E-state index < -0.39 is 5.97 Å². The van der Waals surface area contributed by atoms with Crippen LogP contribution in [0.2, 0.25) is 0 Å². The van der Waals surface area contributed by atoms with Crippen molar-refractivity contribution in [1.29, 1.82) is 0 Å². The maximum Gasteiger partial charge on any atom is 0.329 e. The number of carbonyl (C=O) groups is 2. The molecule has 0 radical (unpaired) electrons. The second-order valence-electron chi connectivity index (χ2n) is 5.14. The smallest absolute Gasteiger partial charge is 0.329 e. The van der Waals surface area contributed by atoms with Crippen LogP contribution >= 0.6 is 11.3 Å². The summed E-state index contributed by atoms with van der Waals surface area (Å²) in [7, 11) is 0. The number of aromatic nitrogens is 1. The van der Waals surface area contributed by atoms with Gasteiger partial charge in [-0.15, -0.1) is 11.3 Å². The first-order valence-electron chi connectivity index (χ1n) is 7.15. The molecular weight excluding hydrogens is 308 g/mol. The number of aliphatic carboxylic acids is 1. The molecule has 1 fully saturated rings. The number of ether oxygens (including phenoxy) is 2. The Balaban J connectivity index is 1.80. The Morgan fingerprint density at radius 1 is 1.59 bits per heavy atom. The van der Waals surface area contributed by atoms with Gasteiger partial charge in [0.2, 0.25) is 5.91 Å². The molecule has 122 valence electrons. The van der Waals surface area contributed by atoms with Crippen LogP contribution in [0.1, 0.15) is 23.4 Å². The van der Waals surface area contributed by atoms with E-state index in [1.54, 1.807) is 16.8 Å². The average Bonchev–Trinajstić information content (AvgIpc) is 2.89. The number of hydrogen-bond donors (Lipinski definition) is 2. The van der Waals surface area contributed by atoms with Crippen LogP contribution in [-0.2, 0) is 25.5 Å². The third-order valence-corrected chi connectivity index (χ3v) is 4.48. The van der Waals surface area contributed by atoms with Crippen LogP contribution in [0.25, 0.3) is 0 Å². The van der Waals surface area contributed by atoms with E-state index in [0.29, 0.717) is 32.5 Å². The van der Waals surface area contributed by atoms with Crippen molar-refractivity contribution in [3.05, 3.63) is 16.1 Å². The molecule has 0 unspecified atom stereocenters. The van der Waals surface area contributed by atoms with E-state index in [4.69, 9.17) is 14.6 Å². The lowest BCUT2D eigenvalue weighted by Gasteiger charge is -2.31. The predicted octanol–water partition coefficient (Wildman–Crippen LogP) is 0.759. The number of nitrogens with zero attached hydrogens (tertiary/aromatic N) is 1. The molecule has 2 N–H and O–H groups in total. The molecule has 7 nitrogen and oxygen atoms in total. The Bertz CT molecular complexity index is 519. The number of nitrogens with one attached hydrogen (secondary N) is 1. The summed E-state index contributed by atoms with van der Waals surface area (Å²) < 4.78 is 10.7. The molecule has 2 rings (SSSR count). The van der Waals surface area contributed by atoms with Gasteiger partial charge in [-0.25, -0.2) is 9.78 Å². The van der Waals surface area contributed by atoms with Gasteiger partial charge in [0.15, 0.2) is 0 Å². The Kier molecular flexibility index (Phi) is 6.29. The highest BCUT2D eigenvalue weighted by Crippen LogP contribution is 2.15. The number of amides is 1. The highest BCUT2D eigenvalue weighted by Gasteiger charge is 2.28. The Hall–Kier alpha value is -1.51. The van der Waals surface area contributed by atoms with Crippen molar-refractivity contribution in [3.8, 4) is 0 Å². The van der Waals surface area contributed by atoms with Crippen LogP contribution < -0.4 is 5.32 Å². The molecule has 8 heteroatoms. The molecule has 0 aromatic carbocycles. The quantitative estimate of drug-likeness (QED) is 0.767. The monoisotopic (exact) mass is 328 g/mol. The van der Waals surface area contributed by atoms with Gasteiger partial charge in [-0.05, 0) is 19.8 Å². The maximum absolute atomic E-state index is 12.0. The molecule has 1 saturated heterocycles. The molecule has 0 saturated carbocycles. The van der Waals surface area contributed by atoms with E-state index in [-0.39, 0.29) is 24.7 Å². The van der Waals surface area contributed by atoms with Crippen LogP contribution in [0.15, 0.2) is 5.51 Å². The van der Waals surface area contributed by atoms with Crippen LogP contribution in [0.4, 0.5) is 0 Å². The van der Waals surface area contributed by atoms with E-state index >= 15 is 0 Å². The summed E-state index contributed by atoms with van der Waals surface area (Å²) in [6.45, 7) is 2.41. The summed E-state index contributed by atoms with van der Waals surface area (Å²) in [6, 6.07) is -0.303. The average molecular weight is 328 g/mol. The van der Waals surface area contributed by atoms with Gasteiger partial charge in [-0.3, -0.25) is 4.79 Å². The van der Waals surface area contributed by atoms with Gasteiger partial charge in [-0.2, -0.15) is 0 Å². The summed E-state index contributed by atoms with van der Waals surface area (Å²) in [4.78, 5) is 27.9.